The second-order valence-corrected chi connectivity index (χ2v) is 5.64. The Hall–Kier alpha value is -0.510. The van der Waals surface area contributed by atoms with Gasteiger partial charge in [-0.05, 0) is 0 Å². The van der Waals surface area contributed by atoms with Crippen LogP contribution in [0, 0.1) is 0 Å². The van der Waals surface area contributed by atoms with Crippen LogP contribution in [0.1, 0.15) is 0 Å². The number of carbonyl (C=O) groups excluding carboxylic acids is 3. The van der Waals surface area contributed by atoms with E-state index < -0.39 is 53.1 Å². The summed E-state index contributed by atoms with van der Waals surface area (Å²) in [5.41, 5.74) is 4.70. The Bertz CT molecular complexity index is 379. The quantitative estimate of drug-likeness (QED) is 0.257. The number of amides is 1. The van der Waals surface area contributed by atoms with E-state index in [2.05, 4.69) is 9.47 Å². The lowest BCUT2D eigenvalue weighted by Gasteiger charge is -2.20. The molecule has 122 valence electrons. The molecule has 0 saturated heterocycles. The van der Waals surface area contributed by atoms with Crippen molar-refractivity contribution in [1.29, 1.82) is 0 Å². The van der Waals surface area contributed by atoms with Gasteiger partial charge in [0, 0.05) is 0 Å². The van der Waals surface area contributed by atoms with Crippen LogP contribution in [0.15, 0.2) is 0 Å². The normalized spacial score (nSPS) is 13.9. The van der Waals surface area contributed by atoms with Crippen LogP contribution in [-0.4, -0.2) is 58.2 Å². The minimum atomic E-state index is -1.59. The third-order valence-corrected chi connectivity index (χ3v) is 2.52. The van der Waals surface area contributed by atoms with Gasteiger partial charge < -0.3 is 25.1 Å². The molecule has 0 aliphatic heterocycles. The summed E-state index contributed by atoms with van der Waals surface area (Å²) in [5, 5.41) is 9.22. The van der Waals surface area contributed by atoms with E-state index in [9.17, 15) is 19.5 Å². The van der Waals surface area contributed by atoms with E-state index in [1.807, 2.05) is 0 Å². The van der Waals surface area contributed by atoms with Crippen LogP contribution in [0.5, 0.6) is 0 Å². The predicted octanol–water partition coefficient (Wildman–Crippen LogP) is -0.131. The molecule has 0 aromatic rings. The standard InChI is InChI=1S/C9H11Cl4NO7/c10-4(11)7(16)19-1-3(21-9(18)6(14)15)2-20-8(17)5(12)13/h3-5,7,16H,1-2H2,(H2,14,15). The maximum absolute atomic E-state index is 11.1. The van der Waals surface area contributed by atoms with Gasteiger partial charge in [0.15, 0.2) is 17.2 Å². The van der Waals surface area contributed by atoms with Gasteiger partial charge in [-0.25, -0.2) is 9.59 Å². The van der Waals surface area contributed by atoms with Crippen molar-refractivity contribution in [3.63, 3.8) is 0 Å². The number of rotatable bonds is 8. The molecular weight excluding hydrogens is 376 g/mol. The summed E-state index contributed by atoms with van der Waals surface area (Å²) >= 11 is 21.1. The van der Waals surface area contributed by atoms with Crippen molar-refractivity contribution in [3.05, 3.63) is 0 Å². The predicted molar refractivity (Wildman–Crippen MR) is 73.0 cm³/mol. The van der Waals surface area contributed by atoms with E-state index in [1.54, 1.807) is 0 Å². The molecule has 0 saturated carbocycles. The van der Waals surface area contributed by atoms with Crippen molar-refractivity contribution < 1.29 is 33.7 Å². The summed E-state index contributed by atoms with van der Waals surface area (Å²) in [6.45, 7) is -1.03. The van der Waals surface area contributed by atoms with Gasteiger partial charge in [0.05, 0.1) is 6.61 Å². The molecule has 3 N–H and O–H groups in total. The van der Waals surface area contributed by atoms with Crippen LogP contribution in [0.2, 0.25) is 0 Å². The zero-order valence-corrected chi connectivity index (χ0v) is 13.2. The van der Waals surface area contributed by atoms with Crippen molar-refractivity contribution in [3.8, 4) is 0 Å². The van der Waals surface area contributed by atoms with Gasteiger partial charge in [0.1, 0.15) is 6.61 Å². The molecule has 0 aromatic carbocycles. The van der Waals surface area contributed by atoms with Gasteiger partial charge in [-0.3, -0.25) is 4.79 Å². The van der Waals surface area contributed by atoms with Gasteiger partial charge in [-0.15, -0.1) is 0 Å². The van der Waals surface area contributed by atoms with E-state index >= 15 is 0 Å². The highest BCUT2D eigenvalue weighted by Gasteiger charge is 2.24. The summed E-state index contributed by atoms with van der Waals surface area (Å²) in [6.07, 6.45) is -2.85. The van der Waals surface area contributed by atoms with Gasteiger partial charge in [0.2, 0.25) is 4.84 Å². The number of primary amides is 1. The molecule has 21 heavy (non-hydrogen) atoms. The molecule has 0 aliphatic rings. The van der Waals surface area contributed by atoms with Gasteiger partial charge in [-0.2, -0.15) is 0 Å². The first-order valence-electron chi connectivity index (χ1n) is 5.18. The summed E-state index contributed by atoms with van der Waals surface area (Å²) < 4.78 is 13.9. The third-order valence-electron chi connectivity index (χ3n) is 1.73. The second-order valence-electron chi connectivity index (χ2n) is 3.38. The van der Waals surface area contributed by atoms with Crippen molar-refractivity contribution in [1.82, 2.24) is 0 Å². The lowest BCUT2D eigenvalue weighted by atomic mass is 10.4. The van der Waals surface area contributed by atoms with E-state index in [1.165, 1.54) is 0 Å². The molecule has 0 spiro atoms. The summed E-state index contributed by atoms with van der Waals surface area (Å²) in [7, 11) is 0. The van der Waals surface area contributed by atoms with E-state index in [-0.39, 0.29) is 0 Å². The number of aliphatic hydroxyl groups is 1. The van der Waals surface area contributed by atoms with Crippen molar-refractivity contribution in [2.24, 2.45) is 5.73 Å². The zero-order valence-electron chi connectivity index (χ0n) is 10.2. The topological polar surface area (TPSA) is 125 Å². The molecule has 0 fully saturated rings. The number of ether oxygens (including phenoxy) is 3. The van der Waals surface area contributed by atoms with E-state index in [4.69, 9.17) is 56.9 Å². The number of hydrogen-bond acceptors (Lipinski definition) is 7. The number of carbonyl (C=O) groups is 3. The number of nitrogens with two attached hydrogens (primary N) is 1. The molecule has 8 nitrogen and oxygen atoms in total. The number of halogens is 4. The Kier molecular flexibility index (Phi) is 10.0. The largest absolute Gasteiger partial charge is 0.460 e. The molecule has 2 unspecified atom stereocenters. The SMILES string of the molecule is NC(=O)C(=O)OC(COC(=O)C(Cl)Cl)COC(O)C(Cl)Cl. The van der Waals surface area contributed by atoms with Gasteiger partial charge in [-0.1, -0.05) is 46.4 Å². The lowest BCUT2D eigenvalue weighted by Crippen LogP contribution is -2.37. The van der Waals surface area contributed by atoms with Gasteiger partial charge >= 0.3 is 17.8 Å². The van der Waals surface area contributed by atoms with Crippen LogP contribution in [0.3, 0.4) is 0 Å². The molecule has 0 aliphatic carbocycles. The minimum absolute atomic E-state index is 0.487. The molecule has 12 heteroatoms. The average Bonchev–Trinajstić information content (AvgIpc) is 2.40. The smallest absolute Gasteiger partial charge is 0.397 e. The van der Waals surface area contributed by atoms with E-state index in [0.29, 0.717) is 0 Å². The zero-order chi connectivity index (χ0) is 16.6. The Morgan fingerprint density at radius 1 is 1.10 bits per heavy atom. The Morgan fingerprint density at radius 3 is 2.10 bits per heavy atom. The number of alkyl halides is 4. The second kappa shape index (κ2) is 10.3. The number of hydrogen-bond donors (Lipinski definition) is 2. The first kappa shape index (κ1) is 20.5. The lowest BCUT2D eigenvalue weighted by molar-refractivity contribution is -0.173. The summed E-state index contributed by atoms with van der Waals surface area (Å²) in [5.74, 6) is -3.77. The molecule has 0 aromatic heterocycles. The van der Waals surface area contributed by atoms with E-state index in [0.717, 1.165) is 0 Å². The van der Waals surface area contributed by atoms with Gasteiger partial charge in [0.25, 0.3) is 0 Å². The first-order valence-corrected chi connectivity index (χ1v) is 6.92. The monoisotopic (exact) mass is 385 g/mol. The number of esters is 2. The fourth-order valence-corrected chi connectivity index (χ4v) is 1.11. The van der Waals surface area contributed by atoms with Crippen molar-refractivity contribution in [2.45, 2.75) is 22.1 Å². The molecule has 0 bridgehead atoms. The van der Waals surface area contributed by atoms with Crippen LogP contribution < -0.4 is 5.73 Å². The summed E-state index contributed by atoms with van der Waals surface area (Å²) in [6, 6.07) is 0. The van der Waals surface area contributed by atoms with Crippen LogP contribution in [-0.2, 0) is 28.6 Å². The molecule has 0 radical (unpaired) electrons. The molecular formula is C9H11Cl4NO7. The van der Waals surface area contributed by atoms with Crippen molar-refractivity contribution >= 4 is 64.2 Å². The molecule has 0 rings (SSSR count). The molecule has 2 atom stereocenters. The minimum Gasteiger partial charge on any atom is -0.460 e. The Morgan fingerprint density at radius 2 is 1.67 bits per heavy atom. The van der Waals surface area contributed by atoms with Crippen LogP contribution in [0.4, 0.5) is 0 Å². The average molecular weight is 387 g/mol. The van der Waals surface area contributed by atoms with Crippen molar-refractivity contribution in [2.75, 3.05) is 13.2 Å². The molecule has 0 heterocycles. The maximum atomic E-state index is 11.1. The Labute approximate surface area is 139 Å². The highest BCUT2D eigenvalue weighted by molar-refractivity contribution is 6.52. The fourth-order valence-electron chi connectivity index (χ4n) is 0.842. The third kappa shape index (κ3) is 9.18. The Balaban J connectivity index is 4.50. The highest BCUT2D eigenvalue weighted by Crippen LogP contribution is 2.11. The maximum Gasteiger partial charge on any atom is 0.397 e. The number of aliphatic hydroxyl groups excluding tert-OH is 1. The fraction of sp³-hybridized carbons (Fsp3) is 0.667. The first-order chi connectivity index (χ1) is 9.65. The summed E-state index contributed by atoms with van der Waals surface area (Å²) in [4.78, 5) is 30.0. The van der Waals surface area contributed by atoms with Crippen LogP contribution >= 0.6 is 46.4 Å². The van der Waals surface area contributed by atoms with Crippen LogP contribution in [0.25, 0.3) is 0 Å². The highest BCUT2D eigenvalue weighted by atomic mass is 35.5. The molecule has 1 amide bonds.